The molecule has 4 nitrogen and oxygen atoms in total. The Kier molecular flexibility index (Phi) is 4.66. The van der Waals surface area contributed by atoms with Crippen LogP contribution in [0.4, 0.5) is 8.78 Å². The molecule has 0 heterocycles. The van der Waals surface area contributed by atoms with Crippen molar-refractivity contribution in [1.82, 2.24) is 5.32 Å². The number of halogens is 2. The number of hydrogen-bond donors (Lipinski definition) is 2. The second-order valence-electron chi connectivity index (χ2n) is 4.53. The average molecular weight is 312 g/mol. The van der Waals surface area contributed by atoms with E-state index in [0.29, 0.717) is 17.7 Å². The van der Waals surface area contributed by atoms with E-state index in [2.05, 4.69) is 5.32 Å². The van der Waals surface area contributed by atoms with Crippen molar-refractivity contribution in [3.8, 4) is 0 Å². The Morgan fingerprint density at radius 1 is 1.05 bits per heavy atom. The first-order chi connectivity index (χ1) is 9.86. The molecule has 0 spiro atoms. The van der Waals surface area contributed by atoms with E-state index >= 15 is 0 Å². The first-order valence-electron chi connectivity index (χ1n) is 6.12. The van der Waals surface area contributed by atoms with E-state index < -0.39 is 21.7 Å². The molecule has 2 rings (SSSR count). The zero-order valence-electron chi connectivity index (χ0n) is 11.0. The molecule has 0 saturated heterocycles. The van der Waals surface area contributed by atoms with Crippen molar-refractivity contribution < 1.29 is 17.2 Å². The number of benzene rings is 2. The molecular weight excluding hydrogens is 298 g/mol. The Morgan fingerprint density at radius 2 is 1.81 bits per heavy atom. The van der Waals surface area contributed by atoms with Crippen LogP contribution in [0.3, 0.4) is 0 Å². The SMILES string of the molecule is NS(=O)(=O)c1cccc(CNCc2ccc(F)cc2F)c1. The molecule has 0 aliphatic heterocycles. The lowest BCUT2D eigenvalue weighted by molar-refractivity contribution is 0.560. The first-order valence-corrected chi connectivity index (χ1v) is 7.67. The molecule has 3 N–H and O–H groups in total. The molecule has 0 aromatic heterocycles. The molecule has 0 aliphatic carbocycles. The fraction of sp³-hybridized carbons (Fsp3) is 0.143. The summed E-state index contributed by atoms with van der Waals surface area (Å²) in [5.74, 6) is -1.25. The van der Waals surface area contributed by atoms with Crippen LogP contribution in [0.15, 0.2) is 47.4 Å². The van der Waals surface area contributed by atoms with E-state index in [0.717, 1.165) is 6.07 Å². The van der Waals surface area contributed by atoms with E-state index in [1.807, 2.05) is 0 Å². The fourth-order valence-corrected chi connectivity index (χ4v) is 2.42. The Balaban J connectivity index is 2.01. The van der Waals surface area contributed by atoms with Gasteiger partial charge in [0.05, 0.1) is 4.90 Å². The van der Waals surface area contributed by atoms with Crippen LogP contribution in [0.2, 0.25) is 0 Å². The van der Waals surface area contributed by atoms with Gasteiger partial charge in [0.1, 0.15) is 11.6 Å². The van der Waals surface area contributed by atoms with Gasteiger partial charge in [-0.25, -0.2) is 22.3 Å². The van der Waals surface area contributed by atoms with Crippen molar-refractivity contribution in [3.63, 3.8) is 0 Å². The second kappa shape index (κ2) is 6.30. The van der Waals surface area contributed by atoms with Crippen molar-refractivity contribution in [2.75, 3.05) is 0 Å². The summed E-state index contributed by atoms with van der Waals surface area (Å²) >= 11 is 0. The summed E-state index contributed by atoms with van der Waals surface area (Å²) in [6.07, 6.45) is 0. The highest BCUT2D eigenvalue weighted by Crippen LogP contribution is 2.11. The molecule has 0 bridgehead atoms. The van der Waals surface area contributed by atoms with Gasteiger partial charge in [-0.2, -0.15) is 0 Å². The topological polar surface area (TPSA) is 72.2 Å². The summed E-state index contributed by atoms with van der Waals surface area (Å²) in [6, 6.07) is 9.51. The predicted octanol–water partition coefficient (Wildman–Crippen LogP) is 1.90. The third kappa shape index (κ3) is 4.32. The lowest BCUT2D eigenvalue weighted by Gasteiger charge is -2.07. The molecule has 112 valence electrons. The standard InChI is InChI=1S/C14H14F2N2O2S/c15-12-5-4-11(14(16)7-12)9-18-8-10-2-1-3-13(6-10)21(17,19)20/h1-7,18H,8-9H2,(H2,17,19,20). The second-order valence-corrected chi connectivity index (χ2v) is 6.09. The largest absolute Gasteiger partial charge is 0.309 e. The zero-order chi connectivity index (χ0) is 15.5. The van der Waals surface area contributed by atoms with Gasteiger partial charge >= 0.3 is 0 Å². The number of rotatable bonds is 5. The molecular formula is C14H14F2N2O2S. The maximum absolute atomic E-state index is 13.4. The summed E-state index contributed by atoms with van der Waals surface area (Å²) < 4.78 is 48.6. The smallest absolute Gasteiger partial charge is 0.238 e. The Morgan fingerprint density at radius 3 is 2.48 bits per heavy atom. The third-order valence-electron chi connectivity index (χ3n) is 2.89. The fourth-order valence-electron chi connectivity index (χ4n) is 1.84. The van der Waals surface area contributed by atoms with Gasteiger partial charge in [-0.1, -0.05) is 18.2 Å². The molecule has 0 unspecified atom stereocenters. The van der Waals surface area contributed by atoms with Gasteiger partial charge in [-0.05, 0) is 23.8 Å². The van der Waals surface area contributed by atoms with E-state index in [4.69, 9.17) is 5.14 Å². The van der Waals surface area contributed by atoms with E-state index in [1.165, 1.54) is 24.3 Å². The van der Waals surface area contributed by atoms with Crippen LogP contribution in [0, 0.1) is 11.6 Å². The van der Waals surface area contributed by atoms with Crippen molar-refractivity contribution in [3.05, 3.63) is 65.2 Å². The van der Waals surface area contributed by atoms with Crippen molar-refractivity contribution in [2.24, 2.45) is 5.14 Å². The summed E-state index contributed by atoms with van der Waals surface area (Å²) in [7, 11) is -3.74. The lowest BCUT2D eigenvalue weighted by atomic mass is 10.2. The average Bonchev–Trinajstić information content (AvgIpc) is 2.41. The molecule has 21 heavy (non-hydrogen) atoms. The van der Waals surface area contributed by atoms with Gasteiger partial charge in [-0.3, -0.25) is 0 Å². The number of hydrogen-bond acceptors (Lipinski definition) is 3. The van der Waals surface area contributed by atoms with Gasteiger partial charge in [0.25, 0.3) is 0 Å². The summed E-state index contributed by atoms with van der Waals surface area (Å²) in [5.41, 5.74) is 1.03. The predicted molar refractivity (Wildman–Crippen MR) is 74.7 cm³/mol. The van der Waals surface area contributed by atoms with Crippen LogP contribution in [0.1, 0.15) is 11.1 Å². The molecule has 2 aromatic rings. The minimum atomic E-state index is -3.74. The molecule has 2 aromatic carbocycles. The molecule has 0 saturated carbocycles. The first kappa shape index (κ1) is 15.6. The maximum Gasteiger partial charge on any atom is 0.238 e. The van der Waals surface area contributed by atoms with E-state index in [9.17, 15) is 17.2 Å². The highest BCUT2D eigenvalue weighted by Gasteiger charge is 2.08. The zero-order valence-corrected chi connectivity index (χ0v) is 11.8. The van der Waals surface area contributed by atoms with Crippen LogP contribution in [-0.2, 0) is 23.1 Å². The Bertz CT molecular complexity index is 748. The lowest BCUT2D eigenvalue weighted by Crippen LogP contribution is -2.15. The van der Waals surface area contributed by atoms with E-state index in [1.54, 1.807) is 12.1 Å². The van der Waals surface area contributed by atoms with Crippen LogP contribution in [-0.4, -0.2) is 8.42 Å². The molecule has 0 aliphatic rings. The van der Waals surface area contributed by atoms with Crippen molar-refractivity contribution in [2.45, 2.75) is 18.0 Å². The minimum absolute atomic E-state index is 0.0229. The monoisotopic (exact) mass is 312 g/mol. The number of sulfonamides is 1. The highest BCUT2D eigenvalue weighted by atomic mass is 32.2. The van der Waals surface area contributed by atoms with Gasteiger partial charge in [0.2, 0.25) is 10.0 Å². The van der Waals surface area contributed by atoms with Gasteiger partial charge in [0.15, 0.2) is 0 Å². The third-order valence-corrected chi connectivity index (χ3v) is 3.80. The van der Waals surface area contributed by atoms with Crippen molar-refractivity contribution >= 4 is 10.0 Å². The van der Waals surface area contributed by atoms with Gasteiger partial charge in [0, 0.05) is 24.7 Å². The highest BCUT2D eigenvalue weighted by molar-refractivity contribution is 7.89. The Labute approximate surface area is 121 Å². The van der Waals surface area contributed by atoms with E-state index in [-0.39, 0.29) is 11.4 Å². The van der Waals surface area contributed by atoms with Crippen LogP contribution in [0.25, 0.3) is 0 Å². The summed E-state index contributed by atoms with van der Waals surface area (Å²) in [4.78, 5) is 0.0229. The van der Waals surface area contributed by atoms with Crippen LogP contribution in [0.5, 0.6) is 0 Å². The minimum Gasteiger partial charge on any atom is -0.309 e. The van der Waals surface area contributed by atoms with Gasteiger partial charge in [-0.15, -0.1) is 0 Å². The molecule has 0 atom stereocenters. The molecule has 0 fully saturated rings. The van der Waals surface area contributed by atoms with Gasteiger partial charge < -0.3 is 5.32 Å². The molecule has 0 radical (unpaired) electrons. The normalized spacial score (nSPS) is 11.6. The maximum atomic E-state index is 13.4. The molecule has 0 amide bonds. The van der Waals surface area contributed by atoms with Crippen molar-refractivity contribution in [1.29, 1.82) is 0 Å². The summed E-state index contributed by atoms with van der Waals surface area (Å²) in [5, 5.41) is 8.00. The van der Waals surface area contributed by atoms with Crippen LogP contribution < -0.4 is 10.5 Å². The number of primary sulfonamides is 1. The van der Waals surface area contributed by atoms with Crippen LogP contribution >= 0.6 is 0 Å². The summed E-state index contributed by atoms with van der Waals surface area (Å²) in [6.45, 7) is 0.534. The quantitative estimate of drug-likeness (QED) is 0.886. The Hall–Kier alpha value is -1.83. The molecule has 7 heteroatoms. The number of nitrogens with one attached hydrogen (secondary N) is 1. The number of nitrogens with two attached hydrogens (primary N) is 1.